The Morgan fingerprint density at radius 3 is 2.07 bits per heavy atom. The van der Waals surface area contributed by atoms with Crippen molar-refractivity contribution in [2.45, 2.75) is 18.8 Å². The molecule has 0 aromatic heterocycles. The van der Waals surface area contributed by atoms with E-state index < -0.39 is 18.8 Å². The smallest absolute Gasteiger partial charge is 0.237 e. The van der Waals surface area contributed by atoms with Gasteiger partial charge in [-0.1, -0.05) is 23.7 Å². The summed E-state index contributed by atoms with van der Waals surface area (Å²) in [7, 11) is 0. The van der Waals surface area contributed by atoms with E-state index in [0.717, 1.165) is 0 Å². The Morgan fingerprint density at radius 1 is 1.14 bits per heavy atom. The van der Waals surface area contributed by atoms with Gasteiger partial charge >= 0.3 is 6.18 Å². The van der Waals surface area contributed by atoms with Gasteiger partial charge in [-0.25, -0.2) is 4.39 Å². The summed E-state index contributed by atoms with van der Waals surface area (Å²) in [5, 5.41) is 0.413. The average Bonchev–Trinajstić information content (AvgIpc) is 2.07. The lowest BCUT2D eigenvalue weighted by Gasteiger charge is -2.11. The molecule has 0 saturated heterocycles. The fraction of sp³-hybridized carbons (Fsp3) is 0.333. The Morgan fingerprint density at radius 2 is 1.64 bits per heavy atom. The maximum absolute atomic E-state index is 12.5. The molecule has 0 nitrogen and oxygen atoms in total. The molecule has 1 aromatic carbocycles. The second-order valence-corrected chi connectivity index (χ2v) is 3.28. The summed E-state index contributed by atoms with van der Waals surface area (Å²) in [6.07, 6.45) is -8.27. The summed E-state index contributed by atoms with van der Waals surface area (Å²) < 4.78 is 48.0. The van der Waals surface area contributed by atoms with Crippen LogP contribution in [0.25, 0.3) is 0 Å². The van der Waals surface area contributed by atoms with Gasteiger partial charge < -0.3 is 0 Å². The summed E-state index contributed by atoms with van der Waals surface area (Å²) in [6, 6.07) is 5.61. The van der Waals surface area contributed by atoms with Gasteiger partial charge in [-0.05, 0) is 17.7 Å². The third kappa shape index (κ3) is 3.18. The zero-order chi connectivity index (χ0) is 10.8. The van der Waals surface area contributed by atoms with Crippen molar-refractivity contribution in [2.24, 2.45) is 0 Å². The molecule has 5 heteroatoms. The van der Waals surface area contributed by atoms with Gasteiger partial charge in [-0.2, -0.15) is 13.2 Å². The van der Waals surface area contributed by atoms with Crippen LogP contribution in [0.5, 0.6) is 0 Å². The monoisotopic (exact) mass is 226 g/mol. The molecule has 0 saturated carbocycles. The SMILES string of the molecule is FC(Cc1ccc(Cl)cc1)C(F)(F)F. The number of hydrogen-bond acceptors (Lipinski definition) is 0. The molecule has 1 atom stereocenters. The van der Waals surface area contributed by atoms with Gasteiger partial charge in [0.1, 0.15) is 0 Å². The first-order valence-corrected chi connectivity index (χ1v) is 4.22. The molecule has 14 heavy (non-hydrogen) atoms. The molecule has 0 amide bonds. The Hall–Kier alpha value is -0.770. The average molecular weight is 227 g/mol. The first-order chi connectivity index (χ1) is 6.39. The summed E-state index contributed by atoms with van der Waals surface area (Å²) in [6.45, 7) is 0. The molecule has 0 heterocycles. The van der Waals surface area contributed by atoms with Crippen molar-refractivity contribution in [3.63, 3.8) is 0 Å². The Labute approximate surface area is 83.5 Å². The number of rotatable bonds is 2. The Balaban J connectivity index is 2.65. The molecule has 0 radical (unpaired) electrons. The molecule has 0 N–H and O–H groups in total. The van der Waals surface area contributed by atoms with E-state index in [0.29, 0.717) is 5.02 Å². The quantitative estimate of drug-likeness (QED) is 0.673. The minimum atomic E-state index is -4.79. The topological polar surface area (TPSA) is 0 Å². The van der Waals surface area contributed by atoms with E-state index in [1.165, 1.54) is 24.3 Å². The minimum absolute atomic E-state index is 0.277. The summed E-state index contributed by atoms with van der Waals surface area (Å²) in [5.74, 6) is 0. The van der Waals surface area contributed by atoms with Gasteiger partial charge in [0.2, 0.25) is 0 Å². The van der Waals surface area contributed by atoms with Gasteiger partial charge in [-0.15, -0.1) is 0 Å². The van der Waals surface area contributed by atoms with Crippen molar-refractivity contribution >= 4 is 11.6 Å². The van der Waals surface area contributed by atoms with Crippen LogP contribution in [0, 0.1) is 0 Å². The highest BCUT2D eigenvalue weighted by molar-refractivity contribution is 6.30. The standard InChI is InChI=1S/C9H7ClF4/c10-7-3-1-6(2-4-7)5-8(11)9(12,13)14/h1-4,8H,5H2. The number of halogens is 5. The first-order valence-electron chi connectivity index (χ1n) is 3.85. The number of benzene rings is 1. The highest BCUT2D eigenvalue weighted by Gasteiger charge is 2.39. The van der Waals surface area contributed by atoms with E-state index in [-0.39, 0.29) is 5.56 Å². The van der Waals surface area contributed by atoms with Crippen molar-refractivity contribution in [3.8, 4) is 0 Å². The third-order valence-corrected chi connectivity index (χ3v) is 1.94. The lowest BCUT2D eigenvalue weighted by Crippen LogP contribution is -2.26. The lowest BCUT2D eigenvalue weighted by molar-refractivity contribution is -0.179. The van der Waals surface area contributed by atoms with Crippen LogP contribution in [0.1, 0.15) is 5.56 Å². The van der Waals surface area contributed by atoms with E-state index in [9.17, 15) is 17.6 Å². The van der Waals surface area contributed by atoms with E-state index in [1.807, 2.05) is 0 Å². The third-order valence-electron chi connectivity index (χ3n) is 1.68. The van der Waals surface area contributed by atoms with Crippen molar-refractivity contribution in [1.29, 1.82) is 0 Å². The van der Waals surface area contributed by atoms with Crippen molar-refractivity contribution in [1.82, 2.24) is 0 Å². The molecule has 78 valence electrons. The molecule has 1 aromatic rings. The minimum Gasteiger partial charge on any atom is -0.237 e. The fourth-order valence-corrected chi connectivity index (χ4v) is 1.07. The number of hydrogen-bond donors (Lipinski definition) is 0. The highest BCUT2D eigenvalue weighted by Crippen LogP contribution is 2.26. The predicted octanol–water partition coefficient (Wildman–Crippen LogP) is 3.78. The molecule has 0 aliphatic rings. The zero-order valence-electron chi connectivity index (χ0n) is 6.98. The fourth-order valence-electron chi connectivity index (χ4n) is 0.943. The van der Waals surface area contributed by atoms with Gasteiger partial charge in [-0.3, -0.25) is 0 Å². The van der Waals surface area contributed by atoms with Crippen LogP contribution in [-0.2, 0) is 6.42 Å². The Kier molecular flexibility index (Phi) is 3.37. The molecule has 0 fully saturated rings. The van der Waals surface area contributed by atoms with Crippen LogP contribution >= 0.6 is 11.6 Å². The van der Waals surface area contributed by atoms with Crippen LogP contribution in [0.15, 0.2) is 24.3 Å². The summed E-state index contributed by atoms with van der Waals surface area (Å²) in [5.41, 5.74) is 0.277. The van der Waals surface area contributed by atoms with E-state index in [1.54, 1.807) is 0 Å². The van der Waals surface area contributed by atoms with Gasteiger partial charge in [0.15, 0.2) is 6.17 Å². The highest BCUT2D eigenvalue weighted by atomic mass is 35.5. The van der Waals surface area contributed by atoms with Crippen LogP contribution in [0.2, 0.25) is 5.02 Å². The number of alkyl halides is 4. The van der Waals surface area contributed by atoms with E-state index in [2.05, 4.69) is 0 Å². The summed E-state index contributed by atoms with van der Waals surface area (Å²) >= 11 is 5.52. The molecular formula is C9H7ClF4. The molecule has 0 aliphatic heterocycles. The lowest BCUT2D eigenvalue weighted by atomic mass is 10.1. The molecule has 1 rings (SSSR count). The predicted molar refractivity (Wildman–Crippen MR) is 46.1 cm³/mol. The second kappa shape index (κ2) is 4.17. The summed E-state index contributed by atoms with van der Waals surface area (Å²) in [4.78, 5) is 0. The second-order valence-electron chi connectivity index (χ2n) is 2.84. The molecular weight excluding hydrogens is 220 g/mol. The molecule has 0 bridgehead atoms. The maximum Gasteiger partial charge on any atom is 0.419 e. The molecule has 0 spiro atoms. The van der Waals surface area contributed by atoms with E-state index in [4.69, 9.17) is 11.6 Å². The van der Waals surface area contributed by atoms with Gasteiger partial charge in [0, 0.05) is 11.4 Å². The van der Waals surface area contributed by atoms with Gasteiger partial charge in [0.25, 0.3) is 0 Å². The van der Waals surface area contributed by atoms with Crippen molar-refractivity contribution in [3.05, 3.63) is 34.9 Å². The van der Waals surface area contributed by atoms with Crippen molar-refractivity contribution in [2.75, 3.05) is 0 Å². The Bertz CT molecular complexity index is 291. The first kappa shape index (κ1) is 11.3. The van der Waals surface area contributed by atoms with Crippen LogP contribution in [-0.4, -0.2) is 12.3 Å². The maximum atomic E-state index is 12.5. The van der Waals surface area contributed by atoms with Gasteiger partial charge in [0.05, 0.1) is 0 Å². The zero-order valence-corrected chi connectivity index (χ0v) is 7.74. The normalized spacial score (nSPS) is 14.1. The largest absolute Gasteiger partial charge is 0.419 e. The van der Waals surface area contributed by atoms with E-state index >= 15 is 0 Å². The van der Waals surface area contributed by atoms with Crippen LogP contribution < -0.4 is 0 Å². The van der Waals surface area contributed by atoms with Crippen LogP contribution in [0.4, 0.5) is 17.6 Å². The molecule has 0 aliphatic carbocycles. The van der Waals surface area contributed by atoms with Crippen molar-refractivity contribution < 1.29 is 17.6 Å². The van der Waals surface area contributed by atoms with Crippen LogP contribution in [0.3, 0.4) is 0 Å². The molecule has 1 unspecified atom stereocenters.